The highest BCUT2D eigenvalue weighted by Crippen LogP contribution is 2.36. The maximum atomic E-state index is 3.57. The third-order valence-corrected chi connectivity index (χ3v) is 3.74. The van der Waals surface area contributed by atoms with E-state index in [1.54, 1.807) is 0 Å². The SMILES string of the molecule is CC.c1ccc2c(c1)CCc1c-2[nH]c2ccccc12. The second-order valence-electron chi connectivity index (χ2n) is 4.68. The largest absolute Gasteiger partial charge is 0.354 e. The molecule has 0 saturated heterocycles. The predicted octanol–water partition coefficient (Wildman–Crippen LogP) is 4.96. The summed E-state index contributed by atoms with van der Waals surface area (Å²) in [5, 5.41) is 1.39. The minimum absolute atomic E-state index is 1.15. The first-order chi connectivity index (χ1) is 9.43. The topological polar surface area (TPSA) is 15.8 Å². The van der Waals surface area contributed by atoms with Crippen molar-refractivity contribution in [3.05, 3.63) is 59.7 Å². The van der Waals surface area contributed by atoms with E-state index in [4.69, 9.17) is 0 Å². The zero-order valence-electron chi connectivity index (χ0n) is 11.5. The van der Waals surface area contributed by atoms with E-state index in [9.17, 15) is 0 Å². The standard InChI is InChI=1S/C16H13N.C2H6/c1-2-6-12-11(5-1)9-10-14-13-7-3-4-8-15(13)17-16(12)14;1-2/h1-8,17H,9-10H2;1-2H3. The van der Waals surface area contributed by atoms with Crippen molar-refractivity contribution in [1.29, 1.82) is 0 Å². The van der Waals surface area contributed by atoms with Gasteiger partial charge in [-0.3, -0.25) is 0 Å². The van der Waals surface area contributed by atoms with Gasteiger partial charge in [0.15, 0.2) is 0 Å². The summed E-state index contributed by atoms with van der Waals surface area (Å²) in [6, 6.07) is 17.3. The molecule has 0 unspecified atom stereocenters. The molecule has 96 valence electrons. The number of H-pyrrole nitrogens is 1. The van der Waals surface area contributed by atoms with Gasteiger partial charge in [-0.2, -0.15) is 0 Å². The van der Waals surface area contributed by atoms with Crippen molar-refractivity contribution in [3.63, 3.8) is 0 Å². The Labute approximate surface area is 114 Å². The summed E-state index contributed by atoms with van der Waals surface area (Å²) in [6.07, 6.45) is 2.31. The van der Waals surface area contributed by atoms with Crippen LogP contribution < -0.4 is 0 Å². The van der Waals surface area contributed by atoms with E-state index in [0.717, 1.165) is 12.8 Å². The molecule has 4 rings (SSSR count). The molecule has 3 aromatic rings. The molecule has 1 aromatic heterocycles. The Kier molecular flexibility index (Phi) is 3.12. The van der Waals surface area contributed by atoms with Gasteiger partial charge in [0.25, 0.3) is 0 Å². The van der Waals surface area contributed by atoms with Crippen LogP contribution in [0.4, 0.5) is 0 Å². The van der Waals surface area contributed by atoms with Crippen molar-refractivity contribution in [3.8, 4) is 11.3 Å². The van der Waals surface area contributed by atoms with Crippen LogP contribution in [0, 0.1) is 0 Å². The zero-order chi connectivity index (χ0) is 13.2. The molecule has 0 spiro atoms. The fourth-order valence-corrected chi connectivity index (χ4v) is 2.93. The molecule has 1 heterocycles. The molecule has 1 heteroatoms. The van der Waals surface area contributed by atoms with Crippen LogP contribution in [0.15, 0.2) is 48.5 Å². The Balaban J connectivity index is 0.000000528. The van der Waals surface area contributed by atoms with E-state index in [1.165, 1.54) is 33.3 Å². The lowest BCUT2D eigenvalue weighted by molar-refractivity contribution is 0.948. The summed E-state index contributed by atoms with van der Waals surface area (Å²) < 4.78 is 0. The van der Waals surface area contributed by atoms with Gasteiger partial charge in [0.1, 0.15) is 0 Å². The van der Waals surface area contributed by atoms with E-state index in [-0.39, 0.29) is 0 Å². The van der Waals surface area contributed by atoms with Gasteiger partial charge in [0.2, 0.25) is 0 Å². The minimum atomic E-state index is 1.15. The molecule has 0 atom stereocenters. The summed E-state index contributed by atoms with van der Waals surface area (Å²) in [7, 11) is 0. The molecule has 0 saturated carbocycles. The quantitative estimate of drug-likeness (QED) is 0.579. The zero-order valence-corrected chi connectivity index (χ0v) is 11.5. The van der Waals surface area contributed by atoms with Crippen LogP contribution in [0.25, 0.3) is 22.2 Å². The van der Waals surface area contributed by atoms with Gasteiger partial charge in [-0.05, 0) is 30.0 Å². The molecule has 0 aliphatic heterocycles. The Morgan fingerprint density at radius 3 is 2.47 bits per heavy atom. The summed E-state index contributed by atoms with van der Waals surface area (Å²) in [5.74, 6) is 0. The van der Waals surface area contributed by atoms with Gasteiger partial charge < -0.3 is 4.98 Å². The second-order valence-corrected chi connectivity index (χ2v) is 4.68. The lowest BCUT2D eigenvalue weighted by atomic mass is 9.89. The van der Waals surface area contributed by atoms with Crippen LogP contribution in [-0.4, -0.2) is 4.98 Å². The van der Waals surface area contributed by atoms with Crippen molar-refractivity contribution < 1.29 is 0 Å². The van der Waals surface area contributed by atoms with Crippen molar-refractivity contribution >= 4 is 10.9 Å². The molecule has 1 aliphatic rings. The Hall–Kier alpha value is -2.02. The van der Waals surface area contributed by atoms with Crippen LogP contribution in [0.2, 0.25) is 0 Å². The fourth-order valence-electron chi connectivity index (χ4n) is 2.93. The first-order valence-electron chi connectivity index (χ1n) is 7.11. The normalized spacial score (nSPS) is 12.3. The maximum Gasteiger partial charge on any atom is 0.0500 e. The number of hydrogen-bond donors (Lipinski definition) is 1. The van der Waals surface area contributed by atoms with Gasteiger partial charge in [-0.25, -0.2) is 0 Å². The van der Waals surface area contributed by atoms with Crippen molar-refractivity contribution in [2.24, 2.45) is 0 Å². The van der Waals surface area contributed by atoms with Gasteiger partial charge in [-0.1, -0.05) is 56.3 Å². The number of nitrogens with one attached hydrogen (secondary N) is 1. The number of hydrogen-bond acceptors (Lipinski definition) is 0. The summed E-state index contributed by atoms with van der Waals surface area (Å²) >= 11 is 0. The Morgan fingerprint density at radius 1 is 0.842 bits per heavy atom. The van der Waals surface area contributed by atoms with Gasteiger partial charge in [-0.15, -0.1) is 0 Å². The molecule has 19 heavy (non-hydrogen) atoms. The smallest absolute Gasteiger partial charge is 0.0500 e. The number of aromatic nitrogens is 1. The summed E-state index contributed by atoms with van der Waals surface area (Å²) in [4.78, 5) is 3.57. The van der Waals surface area contributed by atoms with Crippen molar-refractivity contribution in [2.75, 3.05) is 0 Å². The molecule has 0 radical (unpaired) electrons. The highest BCUT2D eigenvalue weighted by Gasteiger charge is 2.19. The van der Waals surface area contributed by atoms with E-state index < -0.39 is 0 Å². The third-order valence-electron chi connectivity index (χ3n) is 3.74. The average Bonchev–Trinajstić information content (AvgIpc) is 2.88. The van der Waals surface area contributed by atoms with Gasteiger partial charge in [0.05, 0.1) is 0 Å². The van der Waals surface area contributed by atoms with Crippen LogP contribution >= 0.6 is 0 Å². The number of para-hydroxylation sites is 1. The Bertz CT molecular complexity index is 707. The molecular formula is C18H19N. The predicted molar refractivity (Wildman–Crippen MR) is 82.5 cm³/mol. The van der Waals surface area contributed by atoms with E-state index >= 15 is 0 Å². The lowest BCUT2D eigenvalue weighted by Crippen LogP contribution is -2.02. The number of rotatable bonds is 0. The third kappa shape index (κ3) is 1.86. The number of aryl methyl sites for hydroxylation is 2. The second kappa shape index (κ2) is 4.93. The van der Waals surface area contributed by atoms with Gasteiger partial charge in [0, 0.05) is 22.2 Å². The van der Waals surface area contributed by atoms with Gasteiger partial charge >= 0.3 is 0 Å². The van der Waals surface area contributed by atoms with Crippen molar-refractivity contribution in [1.82, 2.24) is 4.98 Å². The van der Waals surface area contributed by atoms with Crippen LogP contribution in [0.1, 0.15) is 25.0 Å². The monoisotopic (exact) mass is 249 g/mol. The maximum absolute atomic E-state index is 3.57. The molecule has 0 bridgehead atoms. The molecule has 2 aromatic carbocycles. The number of fused-ring (bicyclic) bond motifs is 5. The molecule has 1 N–H and O–H groups in total. The lowest BCUT2D eigenvalue weighted by Gasteiger charge is -2.16. The summed E-state index contributed by atoms with van der Waals surface area (Å²) in [5.41, 5.74) is 6.91. The van der Waals surface area contributed by atoms with Crippen LogP contribution in [0.3, 0.4) is 0 Å². The molecule has 1 aliphatic carbocycles. The molecular weight excluding hydrogens is 230 g/mol. The van der Waals surface area contributed by atoms with E-state index in [0.29, 0.717) is 0 Å². The molecule has 0 fully saturated rings. The number of benzene rings is 2. The van der Waals surface area contributed by atoms with Crippen molar-refractivity contribution in [2.45, 2.75) is 26.7 Å². The van der Waals surface area contributed by atoms with E-state index in [1.807, 2.05) is 13.8 Å². The molecule has 1 nitrogen and oxygen atoms in total. The highest BCUT2D eigenvalue weighted by atomic mass is 14.7. The average molecular weight is 249 g/mol. The summed E-state index contributed by atoms with van der Waals surface area (Å²) in [6.45, 7) is 4.00. The molecule has 0 amide bonds. The fraction of sp³-hybridized carbons (Fsp3) is 0.222. The van der Waals surface area contributed by atoms with E-state index in [2.05, 4.69) is 53.5 Å². The van der Waals surface area contributed by atoms with Crippen LogP contribution in [0.5, 0.6) is 0 Å². The first kappa shape index (κ1) is 12.0. The first-order valence-corrected chi connectivity index (χ1v) is 7.11. The Morgan fingerprint density at radius 2 is 1.58 bits per heavy atom. The number of aromatic amines is 1. The van der Waals surface area contributed by atoms with Crippen LogP contribution in [-0.2, 0) is 12.8 Å². The minimum Gasteiger partial charge on any atom is -0.354 e. The highest BCUT2D eigenvalue weighted by molar-refractivity contribution is 5.92.